The third kappa shape index (κ3) is 3.67. The molecule has 5 aromatic rings. The van der Waals surface area contributed by atoms with Crippen LogP contribution in [0.15, 0.2) is 63.8 Å². The van der Waals surface area contributed by atoms with Gasteiger partial charge in [0.1, 0.15) is 17.0 Å². The molecular formula is C26H22N4O3. The number of anilines is 1. The number of fused-ring (bicyclic) bond motifs is 2. The Kier molecular flexibility index (Phi) is 4.82. The van der Waals surface area contributed by atoms with Gasteiger partial charge in [-0.05, 0) is 63.1 Å². The molecule has 0 atom stereocenters. The zero-order valence-corrected chi connectivity index (χ0v) is 18.8. The molecule has 0 fully saturated rings. The van der Waals surface area contributed by atoms with Gasteiger partial charge in [0.15, 0.2) is 5.82 Å². The molecule has 5 rings (SSSR count). The summed E-state index contributed by atoms with van der Waals surface area (Å²) in [5, 5.41) is 9.09. The van der Waals surface area contributed by atoms with Crippen molar-refractivity contribution in [2.24, 2.45) is 0 Å². The Balaban J connectivity index is 1.57. The zero-order chi connectivity index (χ0) is 23.3. The number of carbonyl (C=O) groups excluding carboxylic acids is 1. The lowest BCUT2D eigenvalue weighted by molar-refractivity contribution is 0.102. The second-order valence-electron chi connectivity index (χ2n) is 8.30. The third-order valence-electron chi connectivity index (χ3n) is 5.62. The van der Waals surface area contributed by atoms with E-state index in [1.54, 1.807) is 28.9 Å². The second kappa shape index (κ2) is 7.70. The van der Waals surface area contributed by atoms with Gasteiger partial charge in [-0.2, -0.15) is 9.78 Å². The second-order valence-corrected chi connectivity index (χ2v) is 8.30. The highest BCUT2D eigenvalue weighted by molar-refractivity contribution is 6.05. The van der Waals surface area contributed by atoms with E-state index in [4.69, 9.17) is 9.40 Å². The Labute approximate surface area is 189 Å². The molecule has 2 aromatic carbocycles. The first-order chi connectivity index (χ1) is 15.8. The standard InChI is InChI=1S/C26H22N4O3/c1-14-9-16(3)24-19(10-14)15(2)11-22(27-24)30-23(12-17(4)29-30)28-25(31)20-13-18-7-5-6-8-21(18)33-26(20)32/h5-13H,1-4H3,(H,28,31). The van der Waals surface area contributed by atoms with Crippen LogP contribution in [0.4, 0.5) is 5.82 Å². The van der Waals surface area contributed by atoms with E-state index in [2.05, 4.69) is 29.5 Å². The third-order valence-corrected chi connectivity index (χ3v) is 5.62. The Morgan fingerprint density at radius 1 is 0.970 bits per heavy atom. The number of hydrogen-bond donors (Lipinski definition) is 1. The van der Waals surface area contributed by atoms with Crippen molar-refractivity contribution >= 4 is 33.6 Å². The van der Waals surface area contributed by atoms with Gasteiger partial charge in [0.25, 0.3) is 5.91 Å². The molecule has 0 aliphatic heterocycles. The summed E-state index contributed by atoms with van der Waals surface area (Å²) in [6.07, 6.45) is 0. The van der Waals surface area contributed by atoms with E-state index >= 15 is 0 Å². The van der Waals surface area contributed by atoms with Crippen LogP contribution in [0, 0.1) is 27.7 Å². The van der Waals surface area contributed by atoms with Crippen LogP contribution in [-0.4, -0.2) is 20.7 Å². The van der Waals surface area contributed by atoms with Gasteiger partial charge in [0.2, 0.25) is 0 Å². The summed E-state index contributed by atoms with van der Waals surface area (Å²) < 4.78 is 6.89. The van der Waals surface area contributed by atoms with Gasteiger partial charge < -0.3 is 9.73 Å². The topological polar surface area (TPSA) is 90.0 Å². The highest BCUT2D eigenvalue weighted by Crippen LogP contribution is 2.26. The molecule has 0 aliphatic rings. The minimum Gasteiger partial charge on any atom is -0.422 e. The molecule has 33 heavy (non-hydrogen) atoms. The van der Waals surface area contributed by atoms with E-state index in [0.29, 0.717) is 28.3 Å². The Morgan fingerprint density at radius 2 is 1.76 bits per heavy atom. The lowest BCUT2D eigenvalue weighted by atomic mass is 10.0. The van der Waals surface area contributed by atoms with Crippen LogP contribution in [0.3, 0.4) is 0 Å². The minimum atomic E-state index is -0.695. The van der Waals surface area contributed by atoms with Gasteiger partial charge in [-0.15, -0.1) is 0 Å². The molecule has 0 spiro atoms. The molecule has 0 radical (unpaired) electrons. The highest BCUT2D eigenvalue weighted by Gasteiger charge is 2.18. The van der Waals surface area contributed by atoms with Gasteiger partial charge in [-0.1, -0.05) is 29.8 Å². The fourth-order valence-corrected chi connectivity index (χ4v) is 4.10. The largest absolute Gasteiger partial charge is 0.422 e. The molecule has 3 aromatic heterocycles. The molecule has 0 bridgehead atoms. The summed E-state index contributed by atoms with van der Waals surface area (Å²) in [5.74, 6) is 0.432. The van der Waals surface area contributed by atoms with Crippen LogP contribution < -0.4 is 10.9 Å². The minimum absolute atomic E-state index is 0.0759. The average Bonchev–Trinajstić information content (AvgIpc) is 3.13. The first kappa shape index (κ1) is 20.6. The number of benzene rings is 2. The van der Waals surface area contributed by atoms with Crippen LogP contribution in [0.2, 0.25) is 0 Å². The number of rotatable bonds is 3. The van der Waals surface area contributed by atoms with Crippen molar-refractivity contribution < 1.29 is 9.21 Å². The Morgan fingerprint density at radius 3 is 2.58 bits per heavy atom. The first-order valence-electron chi connectivity index (χ1n) is 10.6. The number of aryl methyl sites for hydroxylation is 4. The van der Waals surface area contributed by atoms with Crippen LogP contribution in [0.25, 0.3) is 27.7 Å². The molecular weight excluding hydrogens is 416 g/mol. The van der Waals surface area contributed by atoms with E-state index in [1.165, 1.54) is 11.6 Å². The lowest BCUT2D eigenvalue weighted by Crippen LogP contribution is -2.22. The summed E-state index contributed by atoms with van der Waals surface area (Å²) >= 11 is 0. The van der Waals surface area contributed by atoms with Crippen molar-refractivity contribution in [1.82, 2.24) is 14.8 Å². The average molecular weight is 438 g/mol. The lowest BCUT2D eigenvalue weighted by Gasteiger charge is -2.12. The monoisotopic (exact) mass is 438 g/mol. The smallest absolute Gasteiger partial charge is 0.349 e. The number of para-hydroxylation sites is 1. The summed E-state index contributed by atoms with van der Waals surface area (Å²) in [7, 11) is 0. The van der Waals surface area contributed by atoms with Crippen molar-refractivity contribution in [3.05, 3.63) is 93.0 Å². The summed E-state index contributed by atoms with van der Waals surface area (Å²) in [6, 6.07) is 16.5. The SMILES string of the molecule is Cc1cc(C)c2nc(-n3nc(C)cc3NC(=O)c3cc4ccccc4oc3=O)cc(C)c2c1. The summed E-state index contributed by atoms with van der Waals surface area (Å²) in [6.45, 7) is 7.95. The maximum atomic E-state index is 13.0. The van der Waals surface area contributed by atoms with Crippen molar-refractivity contribution in [1.29, 1.82) is 0 Å². The van der Waals surface area contributed by atoms with Crippen molar-refractivity contribution in [2.75, 3.05) is 5.32 Å². The van der Waals surface area contributed by atoms with Crippen LogP contribution >= 0.6 is 0 Å². The van der Waals surface area contributed by atoms with Crippen molar-refractivity contribution in [2.45, 2.75) is 27.7 Å². The van der Waals surface area contributed by atoms with Crippen molar-refractivity contribution in [3.63, 3.8) is 0 Å². The summed E-state index contributed by atoms with van der Waals surface area (Å²) in [4.78, 5) is 30.3. The fourth-order valence-electron chi connectivity index (χ4n) is 4.10. The highest BCUT2D eigenvalue weighted by atomic mass is 16.4. The molecule has 0 unspecified atom stereocenters. The number of amides is 1. The molecule has 0 aliphatic carbocycles. The van der Waals surface area contributed by atoms with Crippen LogP contribution in [0.5, 0.6) is 0 Å². The van der Waals surface area contributed by atoms with Gasteiger partial charge in [-0.3, -0.25) is 4.79 Å². The van der Waals surface area contributed by atoms with Crippen LogP contribution in [-0.2, 0) is 0 Å². The molecule has 0 saturated heterocycles. The number of hydrogen-bond acceptors (Lipinski definition) is 5. The van der Waals surface area contributed by atoms with Gasteiger partial charge in [0, 0.05) is 16.8 Å². The van der Waals surface area contributed by atoms with Crippen LogP contribution in [0.1, 0.15) is 32.7 Å². The molecule has 164 valence electrons. The zero-order valence-electron chi connectivity index (χ0n) is 18.8. The normalized spacial score (nSPS) is 11.3. The van der Waals surface area contributed by atoms with Gasteiger partial charge in [-0.25, -0.2) is 9.78 Å². The number of nitrogens with one attached hydrogen (secondary N) is 1. The molecule has 1 amide bonds. The molecule has 0 saturated carbocycles. The van der Waals surface area contributed by atoms with E-state index in [9.17, 15) is 9.59 Å². The molecule has 3 heterocycles. The maximum absolute atomic E-state index is 13.0. The molecule has 7 nitrogen and oxygen atoms in total. The predicted molar refractivity (Wildman–Crippen MR) is 128 cm³/mol. The number of carbonyl (C=O) groups is 1. The molecule has 1 N–H and O–H groups in total. The van der Waals surface area contributed by atoms with E-state index in [1.807, 2.05) is 32.9 Å². The fraction of sp³-hybridized carbons (Fsp3) is 0.154. The van der Waals surface area contributed by atoms with E-state index < -0.39 is 11.5 Å². The van der Waals surface area contributed by atoms with E-state index in [-0.39, 0.29) is 5.56 Å². The molecule has 7 heteroatoms. The number of nitrogens with zero attached hydrogens (tertiary/aromatic N) is 3. The maximum Gasteiger partial charge on any atom is 0.349 e. The summed E-state index contributed by atoms with van der Waals surface area (Å²) in [5.41, 5.74) is 4.55. The van der Waals surface area contributed by atoms with Gasteiger partial charge in [0.05, 0.1) is 11.2 Å². The number of pyridine rings is 1. The predicted octanol–water partition coefficient (Wildman–Crippen LogP) is 5.01. The quantitative estimate of drug-likeness (QED) is 0.400. The Hall–Kier alpha value is -4.26. The number of aromatic nitrogens is 3. The Bertz CT molecular complexity index is 1630. The van der Waals surface area contributed by atoms with Gasteiger partial charge >= 0.3 is 5.63 Å². The van der Waals surface area contributed by atoms with Crippen molar-refractivity contribution in [3.8, 4) is 5.82 Å². The first-order valence-corrected chi connectivity index (χ1v) is 10.6. The van der Waals surface area contributed by atoms with E-state index in [0.717, 1.165) is 22.0 Å².